The summed E-state index contributed by atoms with van der Waals surface area (Å²) in [6.45, 7) is 6.63. The molecule has 1 aromatic rings. The van der Waals surface area contributed by atoms with Crippen molar-refractivity contribution in [1.29, 1.82) is 0 Å². The molecule has 0 aromatic carbocycles. The van der Waals surface area contributed by atoms with Crippen LogP contribution in [-0.4, -0.2) is 9.97 Å². The van der Waals surface area contributed by atoms with Gasteiger partial charge in [-0.15, -0.1) is 0 Å². The van der Waals surface area contributed by atoms with E-state index < -0.39 is 0 Å². The number of aryl methyl sites for hydroxylation is 1. The predicted molar refractivity (Wildman–Crippen MR) is 67.5 cm³/mol. The van der Waals surface area contributed by atoms with Crippen LogP contribution in [0.4, 0.5) is 0 Å². The Bertz CT molecular complexity index is 320. The Hall–Kier alpha value is 0.1000. The smallest absolute Gasteiger partial charge is 0.146 e. The second-order valence-corrected chi connectivity index (χ2v) is 6.01. The molecule has 0 saturated heterocycles. The van der Waals surface area contributed by atoms with Crippen molar-refractivity contribution < 1.29 is 0 Å². The first-order chi connectivity index (χ1) is 6.38. The first kappa shape index (κ1) is 12.2. The molecule has 0 aliphatic rings. The van der Waals surface area contributed by atoms with E-state index >= 15 is 0 Å². The van der Waals surface area contributed by atoms with Crippen LogP contribution < -0.4 is 0 Å². The van der Waals surface area contributed by atoms with Gasteiger partial charge in [-0.2, -0.15) is 0 Å². The highest BCUT2D eigenvalue weighted by Crippen LogP contribution is 2.21. The SMILES string of the molecule is CC(C)(C)CCc1ncc(I)c(Cl)n1. The van der Waals surface area contributed by atoms with Crippen LogP contribution in [0.15, 0.2) is 6.20 Å². The Kier molecular flexibility index (Phi) is 4.13. The van der Waals surface area contributed by atoms with Crippen LogP contribution >= 0.6 is 34.2 Å². The van der Waals surface area contributed by atoms with Gasteiger partial charge < -0.3 is 0 Å². The summed E-state index contributed by atoms with van der Waals surface area (Å²) in [5.41, 5.74) is 0.318. The standard InChI is InChI=1S/C10H14ClIN2/c1-10(2,3)5-4-8-13-6-7(12)9(11)14-8/h6H,4-5H2,1-3H3. The quantitative estimate of drug-likeness (QED) is 0.612. The molecule has 0 N–H and O–H groups in total. The van der Waals surface area contributed by atoms with E-state index in [2.05, 4.69) is 53.3 Å². The van der Waals surface area contributed by atoms with Crippen LogP contribution in [0.3, 0.4) is 0 Å². The summed E-state index contributed by atoms with van der Waals surface area (Å²) in [5.74, 6) is 0.838. The van der Waals surface area contributed by atoms with Crippen LogP contribution in [0, 0.1) is 8.99 Å². The maximum atomic E-state index is 5.91. The third kappa shape index (κ3) is 4.09. The van der Waals surface area contributed by atoms with E-state index in [-0.39, 0.29) is 0 Å². The van der Waals surface area contributed by atoms with Gasteiger partial charge in [0.05, 0.1) is 3.57 Å². The van der Waals surface area contributed by atoms with Crippen molar-refractivity contribution in [2.45, 2.75) is 33.6 Å². The number of halogens is 2. The van der Waals surface area contributed by atoms with Crippen molar-refractivity contribution in [3.63, 3.8) is 0 Å². The highest BCUT2D eigenvalue weighted by Gasteiger charge is 2.11. The minimum Gasteiger partial charge on any atom is -0.240 e. The molecule has 0 radical (unpaired) electrons. The molecule has 0 amide bonds. The van der Waals surface area contributed by atoms with Crippen LogP contribution in [0.5, 0.6) is 0 Å². The van der Waals surface area contributed by atoms with Crippen LogP contribution in [-0.2, 0) is 6.42 Å². The third-order valence-corrected chi connectivity index (χ3v) is 3.25. The Labute approximate surface area is 104 Å². The molecular weight excluding hydrogens is 310 g/mol. The van der Waals surface area contributed by atoms with Crippen molar-refractivity contribution in [1.82, 2.24) is 9.97 Å². The molecule has 78 valence electrons. The second-order valence-electron chi connectivity index (χ2n) is 4.49. The Balaban J connectivity index is 2.65. The molecule has 0 spiro atoms. The first-order valence-electron chi connectivity index (χ1n) is 4.55. The van der Waals surface area contributed by atoms with Gasteiger partial charge in [-0.3, -0.25) is 0 Å². The Morgan fingerprint density at radius 1 is 1.43 bits per heavy atom. The van der Waals surface area contributed by atoms with E-state index in [9.17, 15) is 0 Å². The maximum Gasteiger partial charge on any atom is 0.146 e. The Morgan fingerprint density at radius 2 is 2.07 bits per heavy atom. The van der Waals surface area contributed by atoms with Crippen molar-refractivity contribution in [2.75, 3.05) is 0 Å². The van der Waals surface area contributed by atoms with E-state index in [0.29, 0.717) is 10.6 Å². The van der Waals surface area contributed by atoms with Gasteiger partial charge in [0.25, 0.3) is 0 Å². The zero-order valence-electron chi connectivity index (χ0n) is 8.64. The average Bonchev–Trinajstić information content (AvgIpc) is 2.06. The topological polar surface area (TPSA) is 25.8 Å². The lowest BCUT2D eigenvalue weighted by Gasteiger charge is -2.16. The third-order valence-electron chi connectivity index (χ3n) is 1.85. The minimum absolute atomic E-state index is 0.318. The van der Waals surface area contributed by atoms with Gasteiger partial charge >= 0.3 is 0 Å². The number of nitrogens with zero attached hydrogens (tertiary/aromatic N) is 2. The van der Waals surface area contributed by atoms with Crippen LogP contribution in [0.1, 0.15) is 33.0 Å². The molecule has 1 heterocycles. The summed E-state index contributed by atoms with van der Waals surface area (Å²) < 4.78 is 0.906. The van der Waals surface area contributed by atoms with Gasteiger partial charge in [0, 0.05) is 12.6 Å². The molecule has 0 unspecified atom stereocenters. The number of hydrogen-bond acceptors (Lipinski definition) is 2. The molecule has 0 fully saturated rings. The molecule has 2 nitrogen and oxygen atoms in total. The van der Waals surface area contributed by atoms with E-state index in [4.69, 9.17) is 11.6 Å². The molecule has 1 rings (SSSR count). The minimum atomic E-state index is 0.318. The lowest BCUT2D eigenvalue weighted by Crippen LogP contribution is -2.08. The zero-order chi connectivity index (χ0) is 10.8. The lowest BCUT2D eigenvalue weighted by atomic mass is 9.90. The van der Waals surface area contributed by atoms with Crippen LogP contribution in [0.25, 0.3) is 0 Å². The molecule has 0 saturated carbocycles. The molecular formula is C10H14ClIN2. The van der Waals surface area contributed by atoms with Crippen molar-refractivity contribution in [3.05, 3.63) is 20.7 Å². The highest BCUT2D eigenvalue weighted by molar-refractivity contribution is 14.1. The number of hydrogen-bond donors (Lipinski definition) is 0. The van der Waals surface area contributed by atoms with Gasteiger partial charge in [-0.05, 0) is 34.4 Å². The zero-order valence-corrected chi connectivity index (χ0v) is 11.6. The molecule has 0 bridgehead atoms. The summed E-state index contributed by atoms with van der Waals surface area (Å²) in [7, 11) is 0. The normalized spacial score (nSPS) is 11.8. The van der Waals surface area contributed by atoms with Gasteiger partial charge in [0.2, 0.25) is 0 Å². The van der Waals surface area contributed by atoms with Crippen molar-refractivity contribution in [2.24, 2.45) is 5.41 Å². The fourth-order valence-corrected chi connectivity index (χ4v) is 1.39. The van der Waals surface area contributed by atoms with Crippen molar-refractivity contribution >= 4 is 34.2 Å². The lowest BCUT2D eigenvalue weighted by molar-refractivity contribution is 0.374. The monoisotopic (exact) mass is 324 g/mol. The molecule has 1 aromatic heterocycles. The van der Waals surface area contributed by atoms with Crippen LogP contribution in [0.2, 0.25) is 5.15 Å². The summed E-state index contributed by atoms with van der Waals surface area (Å²) in [5, 5.41) is 0.560. The molecule has 0 aliphatic heterocycles. The molecule has 14 heavy (non-hydrogen) atoms. The largest absolute Gasteiger partial charge is 0.240 e. The van der Waals surface area contributed by atoms with Gasteiger partial charge in [0.1, 0.15) is 11.0 Å². The molecule has 4 heteroatoms. The van der Waals surface area contributed by atoms with Gasteiger partial charge in [-0.25, -0.2) is 9.97 Å². The number of rotatable bonds is 2. The summed E-state index contributed by atoms with van der Waals surface area (Å²) in [6.07, 6.45) is 3.73. The summed E-state index contributed by atoms with van der Waals surface area (Å²) in [6, 6.07) is 0. The van der Waals surface area contributed by atoms with E-state index in [1.807, 2.05) is 0 Å². The Morgan fingerprint density at radius 3 is 2.57 bits per heavy atom. The fraction of sp³-hybridized carbons (Fsp3) is 0.600. The maximum absolute atomic E-state index is 5.91. The van der Waals surface area contributed by atoms with Gasteiger partial charge in [-0.1, -0.05) is 32.4 Å². The van der Waals surface area contributed by atoms with E-state index in [1.165, 1.54) is 0 Å². The predicted octanol–water partition coefficient (Wildman–Crippen LogP) is 3.71. The second kappa shape index (κ2) is 4.75. The summed E-state index contributed by atoms with van der Waals surface area (Å²) >= 11 is 8.03. The van der Waals surface area contributed by atoms with Crippen molar-refractivity contribution in [3.8, 4) is 0 Å². The van der Waals surface area contributed by atoms with E-state index in [1.54, 1.807) is 6.20 Å². The van der Waals surface area contributed by atoms with E-state index in [0.717, 1.165) is 22.2 Å². The number of aromatic nitrogens is 2. The molecule has 0 atom stereocenters. The van der Waals surface area contributed by atoms with Gasteiger partial charge in [0.15, 0.2) is 0 Å². The average molecular weight is 325 g/mol. The fourth-order valence-electron chi connectivity index (χ4n) is 0.987. The summed E-state index contributed by atoms with van der Waals surface area (Å²) in [4.78, 5) is 8.46. The molecule has 0 aliphatic carbocycles. The first-order valence-corrected chi connectivity index (χ1v) is 6.01. The highest BCUT2D eigenvalue weighted by atomic mass is 127.